The van der Waals surface area contributed by atoms with Crippen molar-refractivity contribution in [2.45, 2.75) is 39.2 Å². The number of benzene rings is 1. The lowest BCUT2D eigenvalue weighted by Gasteiger charge is -2.21. The normalized spacial score (nSPS) is 21.9. The van der Waals surface area contributed by atoms with Crippen molar-refractivity contribution < 1.29 is 14.4 Å². The lowest BCUT2D eigenvalue weighted by atomic mass is 9.85. The summed E-state index contributed by atoms with van der Waals surface area (Å²) in [6.07, 6.45) is 5.97. The van der Waals surface area contributed by atoms with Crippen LogP contribution in [0.1, 0.15) is 32.3 Å². The van der Waals surface area contributed by atoms with Gasteiger partial charge in [0.2, 0.25) is 17.7 Å². The molecule has 1 aliphatic heterocycles. The Balaban J connectivity index is 1.45. The number of nitrogens with one attached hydrogen (secondary N) is 1. The number of fused-ring (bicyclic) bond motifs is 1. The molecule has 0 spiro atoms. The molecule has 2 heterocycles. The molecule has 3 atom stereocenters. The number of imide groups is 1. The number of aromatic nitrogens is 1. The zero-order valence-electron chi connectivity index (χ0n) is 16.4. The van der Waals surface area contributed by atoms with Gasteiger partial charge in [-0.3, -0.25) is 19.3 Å². The highest BCUT2D eigenvalue weighted by molar-refractivity contribution is 7.14. The minimum absolute atomic E-state index is 0.247. The third-order valence-electron chi connectivity index (χ3n) is 5.70. The predicted molar refractivity (Wildman–Crippen MR) is 112 cm³/mol. The summed E-state index contributed by atoms with van der Waals surface area (Å²) in [4.78, 5) is 43.7. The number of amides is 3. The Hall–Kier alpha value is -2.80. The van der Waals surface area contributed by atoms with E-state index in [1.165, 1.54) is 16.9 Å². The van der Waals surface area contributed by atoms with Crippen LogP contribution in [0.2, 0.25) is 0 Å². The molecule has 2 unspecified atom stereocenters. The van der Waals surface area contributed by atoms with E-state index in [2.05, 4.69) is 29.4 Å². The number of allylic oxidation sites excluding steroid dienone is 2. The molecule has 1 saturated heterocycles. The summed E-state index contributed by atoms with van der Waals surface area (Å²) in [5.74, 6) is -1.56. The maximum absolute atomic E-state index is 12.7. The second-order valence-corrected chi connectivity index (χ2v) is 8.31. The van der Waals surface area contributed by atoms with Gasteiger partial charge in [0.1, 0.15) is 6.04 Å². The van der Waals surface area contributed by atoms with Gasteiger partial charge in [0.05, 0.1) is 17.5 Å². The minimum Gasteiger partial charge on any atom is -0.300 e. The van der Waals surface area contributed by atoms with Crippen LogP contribution in [0.25, 0.3) is 11.3 Å². The van der Waals surface area contributed by atoms with Gasteiger partial charge >= 0.3 is 0 Å². The highest BCUT2D eigenvalue weighted by Crippen LogP contribution is 2.36. The standard InChI is InChI=1S/C22H23N3O3S/c1-3-14-8-10-15(11-9-14)18-12-29-22(23-18)24-19(26)13(2)25-20(27)16-6-4-5-7-17(16)21(25)28/h4-5,8-13,16-17H,3,6-7H2,1-2H3,(H,23,24,26)/t13-,16?,17?/m0/s1. The molecule has 2 aliphatic rings. The highest BCUT2D eigenvalue weighted by Gasteiger charge is 2.50. The first kappa shape index (κ1) is 19.5. The van der Waals surface area contributed by atoms with Crippen LogP contribution < -0.4 is 5.32 Å². The lowest BCUT2D eigenvalue weighted by Crippen LogP contribution is -2.46. The molecule has 4 rings (SSSR count). The Kier molecular flexibility index (Phi) is 5.32. The number of thiazole rings is 1. The molecule has 29 heavy (non-hydrogen) atoms. The van der Waals surface area contributed by atoms with Crippen molar-refractivity contribution >= 4 is 34.2 Å². The molecule has 1 fully saturated rings. The van der Waals surface area contributed by atoms with Crippen molar-refractivity contribution in [2.24, 2.45) is 11.8 Å². The van der Waals surface area contributed by atoms with Crippen molar-refractivity contribution in [3.63, 3.8) is 0 Å². The molecule has 1 aromatic heterocycles. The summed E-state index contributed by atoms with van der Waals surface area (Å²) in [5.41, 5.74) is 3.02. The lowest BCUT2D eigenvalue weighted by molar-refractivity contribution is -0.146. The van der Waals surface area contributed by atoms with Crippen LogP contribution in [0.5, 0.6) is 0 Å². The van der Waals surface area contributed by atoms with E-state index in [9.17, 15) is 14.4 Å². The Morgan fingerprint density at radius 2 is 1.79 bits per heavy atom. The van der Waals surface area contributed by atoms with Gasteiger partial charge in [0.15, 0.2) is 5.13 Å². The van der Waals surface area contributed by atoms with Crippen LogP contribution in [0.4, 0.5) is 5.13 Å². The first-order valence-electron chi connectivity index (χ1n) is 9.87. The first-order valence-corrected chi connectivity index (χ1v) is 10.7. The molecule has 150 valence electrons. The van der Waals surface area contributed by atoms with Crippen LogP contribution in [0.3, 0.4) is 0 Å². The number of carbonyl (C=O) groups is 3. The summed E-state index contributed by atoms with van der Waals surface area (Å²) in [7, 11) is 0. The molecular weight excluding hydrogens is 386 g/mol. The van der Waals surface area contributed by atoms with Crippen LogP contribution >= 0.6 is 11.3 Å². The number of hydrogen-bond donors (Lipinski definition) is 1. The average molecular weight is 410 g/mol. The van der Waals surface area contributed by atoms with Gasteiger partial charge in [0, 0.05) is 10.9 Å². The number of anilines is 1. The van der Waals surface area contributed by atoms with Crippen LogP contribution in [-0.4, -0.2) is 33.6 Å². The van der Waals surface area contributed by atoms with E-state index < -0.39 is 11.9 Å². The zero-order chi connectivity index (χ0) is 20.5. The fourth-order valence-corrected chi connectivity index (χ4v) is 4.63. The summed E-state index contributed by atoms with van der Waals surface area (Å²) in [6, 6.07) is 7.29. The predicted octanol–water partition coefficient (Wildman–Crippen LogP) is 3.65. The summed E-state index contributed by atoms with van der Waals surface area (Å²) >= 11 is 1.32. The summed E-state index contributed by atoms with van der Waals surface area (Å²) in [5, 5.41) is 5.10. The maximum Gasteiger partial charge on any atom is 0.249 e. The molecule has 0 bridgehead atoms. The van der Waals surface area contributed by atoms with Gasteiger partial charge in [-0.2, -0.15) is 0 Å². The number of rotatable bonds is 5. The van der Waals surface area contributed by atoms with Crippen molar-refractivity contribution in [3.05, 3.63) is 47.4 Å². The largest absolute Gasteiger partial charge is 0.300 e. The maximum atomic E-state index is 12.7. The molecule has 1 aliphatic carbocycles. The molecule has 1 N–H and O–H groups in total. The van der Waals surface area contributed by atoms with Gasteiger partial charge < -0.3 is 5.32 Å². The molecule has 6 nitrogen and oxygen atoms in total. The SMILES string of the molecule is CCc1ccc(-c2csc(NC(=O)[C@H](C)N3C(=O)C4CC=CCC4C3=O)n2)cc1. The van der Waals surface area contributed by atoms with Crippen LogP contribution in [0.15, 0.2) is 41.8 Å². The fraction of sp³-hybridized carbons (Fsp3) is 0.364. The number of likely N-dealkylation sites (tertiary alicyclic amines) is 1. The number of nitrogens with zero attached hydrogens (tertiary/aromatic N) is 2. The smallest absolute Gasteiger partial charge is 0.249 e. The Bertz CT molecular complexity index is 953. The quantitative estimate of drug-likeness (QED) is 0.604. The Morgan fingerprint density at radius 1 is 1.17 bits per heavy atom. The highest BCUT2D eigenvalue weighted by atomic mass is 32.1. The van der Waals surface area contributed by atoms with Gasteiger partial charge in [-0.25, -0.2) is 4.98 Å². The Labute approximate surface area is 173 Å². The minimum atomic E-state index is -0.864. The molecule has 0 radical (unpaired) electrons. The zero-order valence-corrected chi connectivity index (χ0v) is 17.2. The average Bonchev–Trinajstić information content (AvgIpc) is 3.31. The molecule has 3 amide bonds. The van der Waals surface area contributed by atoms with Crippen LogP contribution in [-0.2, 0) is 20.8 Å². The van der Waals surface area contributed by atoms with Crippen molar-refractivity contribution in [1.82, 2.24) is 9.88 Å². The fourth-order valence-electron chi connectivity index (χ4n) is 3.91. The third kappa shape index (κ3) is 3.62. The molecular formula is C22H23N3O3S. The summed E-state index contributed by atoms with van der Waals surface area (Å²) < 4.78 is 0. The number of carbonyl (C=O) groups excluding carboxylic acids is 3. The monoisotopic (exact) mass is 409 g/mol. The second kappa shape index (κ2) is 7.91. The topological polar surface area (TPSA) is 79.4 Å². The van der Waals surface area contributed by atoms with E-state index in [-0.39, 0.29) is 23.7 Å². The molecule has 2 aromatic rings. The van der Waals surface area contributed by atoms with Gasteiger partial charge in [-0.1, -0.05) is 43.3 Å². The third-order valence-corrected chi connectivity index (χ3v) is 6.46. The van der Waals surface area contributed by atoms with E-state index >= 15 is 0 Å². The molecule has 7 heteroatoms. The van der Waals surface area contributed by atoms with Crippen molar-refractivity contribution in [1.29, 1.82) is 0 Å². The van der Waals surface area contributed by atoms with E-state index in [0.29, 0.717) is 18.0 Å². The molecule has 0 saturated carbocycles. The second-order valence-electron chi connectivity index (χ2n) is 7.46. The van der Waals surface area contributed by atoms with Crippen LogP contribution in [0, 0.1) is 11.8 Å². The Morgan fingerprint density at radius 3 is 2.38 bits per heavy atom. The van der Waals surface area contributed by atoms with Crippen molar-refractivity contribution in [3.8, 4) is 11.3 Å². The number of aryl methyl sites for hydroxylation is 1. The van der Waals surface area contributed by atoms with E-state index in [1.807, 2.05) is 29.7 Å². The van der Waals surface area contributed by atoms with E-state index in [0.717, 1.165) is 22.6 Å². The summed E-state index contributed by atoms with van der Waals surface area (Å²) in [6.45, 7) is 3.70. The number of hydrogen-bond acceptors (Lipinski definition) is 5. The van der Waals surface area contributed by atoms with Crippen molar-refractivity contribution in [2.75, 3.05) is 5.32 Å². The first-order chi connectivity index (χ1) is 14.0. The van der Waals surface area contributed by atoms with Gasteiger partial charge in [-0.15, -0.1) is 11.3 Å². The van der Waals surface area contributed by atoms with Gasteiger partial charge in [-0.05, 0) is 31.7 Å². The van der Waals surface area contributed by atoms with E-state index in [4.69, 9.17) is 0 Å². The molecule has 1 aromatic carbocycles. The van der Waals surface area contributed by atoms with E-state index in [1.54, 1.807) is 6.92 Å². The van der Waals surface area contributed by atoms with Gasteiger partial charge in [0.25, 0.3) is 0 Å².